The van der Waals surface area contributed by atoms with Crippen LogP contribution >= 0.6 is 0 Å². The molecule has 0 bridgehead atoms. The van der Waals surface area contributed by atoms with E-state index in [1.54, 1.807) is 4.68 Å². The fraction of sp³-hybridized carbons (Fsp3) is 0.412. The third-order valence-electron chi connectivity index (χ3n) is 4.47. The van der Waals surface area contributed by atoms with Gasteiger partial charge in [-0.1, -0.05) is 12.1 Å². The van der Waals surface area contributed by atoms with E-state index in [9.17, 15) is 4.79 Å². The van der Waals surface area contributed by atoms with Gasteiger partial charge < -0.3 is 10.6 Å². The van der Waals surface area contributed by atoms with Crippen LogP contribution in [-0.2, 0) is 20.0 Å². The third kappa shape index (κ3) is 2.31. The van der Waals surface area contributed by atoms with Crippen LogP contribution in [0.25, 0.3) is 0 Å². The van der Waals surface area contributed by atoms with Gasteiger partial charge in [-0.2, -0.15) is 5.10 Å². The summed E-state index contributed by atoms with van der Waals surface area (Å²) in [5.74, 6) is 0.0459. The van der Waals surface area contributed by atoms with Crippen molar-refractivity contribution in [3.8, 4) is 0 Å². The average Bonchev–Trinajstić information content (AvgIpc) is 2.78. The minimum absolute atomic E-state index is 0.0459. The number of nitrogens with zero attached hydrogens (tertiary/aromatic N) is 3. The van der Waals surface area contributed by atoms with E-state index < -0.39 is 0 Å². The summed E-state index contributed by atoms with van der Waals surface area (Å²) in [6.07, 6.45) is 1.98. The van der Waals surface area contributed by atoms with E-state index in [0.717, 1.165) is 47.6 Å². The number of carbonyl (C=O) groups is 1. The molecule has 0 spiro atoms. The molecule has 116 valence electrons. The molecule has 0 unspecified atom stereocenters. The van der Waals surface area contributed by atoms with Crippen molar-refractivity contribution in [2.24, 2.45) is 12.8 Å². The van der Waals surface area contributed by atoms with Crippen LogP contribution < -0.4 is 10.6 Å². The summed E-state index contributed by atoms with van der Waals surface area (Å²) in [6.45, 7) is 5.11. The number of benzene rings is 1. The van der Waals surface area contributed by atoms with Gasteiger partial charge in [0, 0.05) is 31.5 Å². The predicted molar refractivity (Wildman–Crippen MR) is 87.0 cm³/mol. The summed E-state index contributed by atoms with van der Waals surface area (Å²) >= 11 is 0. The lowest BCUT2D eigenvalue weighted by molar-refractivity contribution is 0.0984. The largest absolute Gasteiger partial charge is 0.326 e. The Morgan fingerprint density at radius 3 is 2.77 bits per heavy atom. The van der Waals surface area contributed by atoms with Crippen molar-refractivity contribution in [2.75, 3.05) is 11.4 Å². The summed E-state index contributed by atoms with van der Waals surface area (Å²) in [6, 6.07) is 6.15. The second-order valence-corrected chi connectivity index (χ2v) is 5.90. The molecule has 5 nitrogen and oxygen atoms in total. The predicted octanol–water partition coefficient (Wildman–Crippen LogP) is 2.09. The van der Waals surface area contributed by atoms with Crippen LogP contribution in [0, 0.1) is 13.8 Å². The maximum absolute atomic E-state index is 13.0. The second-order valence-electron chi connectivity index (χ2n) is 5.90. The highest BCUT2D eigenvalue weighted by Crippen LogP contribution is 2.30. The Balaban J connectivity index is 2.02. The number of fused-ring (bicyclic) bond motifs is 1. The summed E-state index contributed by atoms with van der Waals surface area (Å²) < 4.78 is 1.77. The van der Waals surface area contributed by atoms with Crippen LogP contribution in [0.4, 0.5) is 5.69 Å². The van der Waals surface area contributed by atoms with Gasteiger partial charge in [-0.25, -0.2) is 0 Å². The molecule has 0 atom stereocenters. The van der Waals surface area contributed by atoms with E-state index in [-0.39, 0.29) is 5.91 Å². The first kappa shape index (κ1) is 14.8. The molecule has 0 saturated carbocycles. The average molecular weight is 298 g/mol. The number of aryl methyl sites for hydroxylation is 3. The number of rotatable bonds is 2. The molecule has 0 saturated heterocycles. The molecule has 1 aromatic heterocycles. The van der Waals surface area contributed by atoms with Crippen LogP contribution in [0.15, 0.2) is 18.2 Å². The fourth-order valence-electron chi connectivity index (χ4n) is 3.21. The highest BCUT2D eigenvalue weighted by molar-refractivity contribution is 6.08. The Morgan fingerprint density at radius 1 is 1.36 bits per heavy atom. The number of hydrogen-bond donors (Lipinski definition) is 1. The van der Waals surface area contributed by atoms with Gasteiger partial charge in [0.05, 0.1) is 11.3 Å². The summed E-state index contributed by atoms with van der Waals surface area (Å²) in [4.78, 5) is 14.9. The van der Waals surface area contributed by atoms with Gasteiger partial charge in [-0.05, 0) is 43.9 Å². The Bertz CT molecular complexity index is 733. The van der Waals surface area contributed by atoms with Crippen molar-refractivity contribution in [2.45, 2.75) is 33.2 Å². The standard InChI is InChI=1S/C17H22N4O/c1-11-16(12(2)20(3)19-11)17(22)21-8-4-5-14-9-13(10-18)6-7-15(14)21/h6-7,9H,4-5,8,10,18H2,1-3H3. The highest BCUT2D eigenvalue weighted by atomic mass is 16.2. The van der Waals surface area contributed by atoms with Crippen molar-refractivity contribution >= 4 is 11.6 Å². The van der Waals surface area contributed by atoms with Gasteiger partial charge in [-0.3, -0.25) is 9.48 Å². The molecular weight excluding hydrogens is 276 g/mol. The van der Waals surface area contributed by atoms with Crippen molar-refractivity contribution < 1.29 is 4.79 Å². The molecule has 2 aromatic rings. The first-order chi connectivity index (χ1) is 10.5. The van der Waals surface area contributed by atoms with Crippen LogP contribution in [0.3, 0.4) is 0 Å². The molecule has 1 amide bonds. The molecule has 0 aliphatic carbocycles. The topological polar surface area (TPSA) is 64.2 Å². The summed E-state index contributed by atoms with van der Waals surface area (Å²) in [5.41, 5.74) is 11.5. The van der Waals surface area contributed by atoms with E-state index in [1.807, 2.05) is 37.9 Å². The first-order valence-corrected chi connectivity index (χ1v) is 7.67. The fourth-order valence-corrected chi connectivity index (χ4v) is 3.21. The van der Waals surface area contributed by atoms with Crippen molar-refractivity contribution in [3.63, 3.8) is 0 Å². The highest BCUT2D eigenvalue weighted by Gasteiger charge is 2.27. The van der Waals surface area contributed by atoms with E-state index in [4.69, 9.17) is 5.73 Å². The normalized spacial score (nSPS) is 14.1. The molecule has 1 aliphatic heterocycles. The monoisotopic (exact) mass is 298 g/mol. The van der Waals surface area contributed by atoms with Gasteiger partial charge in [0.25, 0.3) is 5.91 Å². The van der Waals surface area contributed by atoms with Crippen LogP contribution in [-0.4, -0.2) is 22.2 Å². The van der Waals surface area contributed by atoms with Crippen LogP contribution in [0.5, 0.6) is 0 Å². The zero-order valence-corrected chi connectivity index (χ0v) is 13.4. The van der Waals surface area contributed by atoms with Crippen LogP contribution in [0.1, 0.15) is 39.3 Å². The number of amides is 1. The SMILES string of the molecule is Cc1nn(C)c(C)c1C(=O)N1CCCc2cc(CN)ccc21. The van der Waals surface area contributed by atoms with Gasteiger partial charge in [-0.15, -0.1) is 0 Å². The van der Waals surface area contributed by atoms with E-state index in [0.29, 0.717) is 6.54 Å². The zero-order chi connectivity index (χ0) is 15.9. The molecule has 22 heavy (non-hydrogen) atoms. The molecule has 1 aliphatic rings. The molecule has 2 N–H and O–H groups in total. The van der Waals surface area contributed by atoms with E-state index >= 15 is 0 Å². The Hall–Kier alpha value is -2.14. The quantitative estimate of drug-likeness (QED) is 0.923. The van der Waals surface area contributed by atoms with Gasteiger partial charge >= 0.3 is 0 Å². The van der Waals surface area contributed by atoms with Gasteiger partial charge in [0.1, 0.15) is 0 Å². The van der Waals surface area contributed by atoms with E-state index in [1.165, 1.54) is 5.56 Å². The van der Waals surface area contributed by atoms with Crippen molar-refractivity contribution in [3.05, 3.63) is 46.3 Å². The zero-order valence-electron chi connectivity index (χ0n) is 13.4. The lowest BCUT2D eigenvalue weighted by Crippen LogP contribution is -2.36. The minimum Gasteiger partial charge on any atom is -0.326 e. The summed E-state index contributed by atoms with van der Waals surface area (Å²) in [7, 11) is 1.87. The van der Waals surface area contributed by atoms with E-state index in [2.05, 4.69) is 11.2 Å². The number of carbonyl (C=O) groups excluding carboxylic acids is 1. The smallest absolute Gasteiger partial charge is 0.262 e. The maximum atomic E-state index is 13.0. The Labute approximate surface area is 130 Å². The van der Waals surface area contributed by atoms with Crippen molar-refractivity contribution in [1.82, 2.24) is 9.78 Å². The first-order valence-electron chi connectivity index (χ1n) is 7.67. The number of anilines is 1. The molecule has 0 fully saturated rings. The molecule has 3 rings (SSSR count). The molecule has 2 heterocycles. The molecular formula is C17H22N4O. The third-order valence-corrected chi connectivity index (χ3v) is 4.47. The number of nitrogens with two attached hydrogens (primary N) is 1. The molecule has 1 aromatic carbocycles. The Kier molecular flexibility index (Phi) is 3.74. The van der Waals surface area contributed by atoms with Gasteiger partial charge in [0.15, 0.2) is 0 Å². The molecule has 0 radical (unpaired) electrons. The molecule has 5 heteroatoms. The van der Waals surface area contributed by atoms with Crippen molar-refractivity contribution in [1.29, 1.82) is 0 Å². The second kappa shape index (κ2) is 5.57. The lowest BCUT2D eigenvalue weighted by atomic mass is 9.98. The van der Waals surface area contributed by atoms with Gasteiger partial charge in [0.2, 0.25) is 0 Å². The number of hydrogen-bond acceptors (Lipinski definition) is 3. The Morgan fingerprint density at radius 2 is 2.14 bits per heavy atom. The lowest BCUT2D eigenvalue weighted by Gasteiger charge is -2.30. The minimum atomic E-state index is 0.0459. The summed E-state index contributed by atoms with van der Waals surface area (Å²) in [5, 5.41) is 4.36. The maximum Gasteiger partial charge on any atom is 0.262 e. The number of aromatic nitrogens is 2. The van der Waals surface area contributed by atoms with Crippen LogP contribution in [0.2, 0.25) is 0 Å².